The fourth-order valence-corrected chi connectivity index (χ4v) is 3.84. The molecular weight excluding hydrogens is 459 g/mol. The lowest BCUT2D eigenvalue weighted by molar-refractivity contribution is 0.0981. The predicted molar refractivity (Wildman–Crippen MR) is 126 cm³/mol. The first-order valence-electron chi connectivity index (χ1n) is 10.8. The number of nitrogens with zero attached hydrogens (tertiary/aromatic N) is 1. The van der Waals surface area contributed by atoms with Gasteiger partial charge in [0.15, 0.2) is 0 Å². The number of carbonyl (C=O) groups excluding carboxylic acids is 1. The van der Waals surface area contributed by atoms with Crippen molar-refractivity contribution in [2.45, 2.75) is 26.4 Å². The number of aromatic nitrogens is 1. The van der Waals surface area contributed by atoms with Gasteiger partial charge in [-0.25, -0.2) is 17.5 Å². The molecule has 1 aromatic heterocycles. The molecule has 7 nitrogen and oxygen atoms in total. The van der Waals surface area contributed by atoms with Crippen molar-refractivity contribution in [3.05, 3.63) is 77.2 Å². The van der Waals surface area contributed by atoms with Crippen LogP contribution in [0.1, 0.15) is 34.3 Å². The van der Waals surface area contributed by atoms with Crippen LogP contribution in [0.2, 0.25) is 0 Å². The molecule has 0 unspecified atom stereocenters. The van der Waals surface area contributed by atoms with E-state index < -0.39 is 21.7 Å². The second kappa shape index (κ2) is 9.80. The Balaban J connectivity index is 1.46. The largest absolute Gasteiger partial charge is 0.493 e. The molecule has 1 saturated carbocycles. The minimum Gasteiger partial charge on any atom is -0.493 e. The molecule has 2 aromatic carbocycles. The lowest BCUT2D eigenvalue weighted by atomic mass is 10.1. The molecular formula is C25H25FN2O5S. The summed E-state index contributed by atoms with van der Waals surface area (Å²) in [4.78, 5) is 16.3. The van der Waals surface area contributed by atoms with Gasteiger partial charge < -0.3 is 9.47 Å². The Labute approximate surface area is 198 Å². The van der Waals surface area contributed by atoms with Crippen molar-refractivity contribution in [3.63, 3.8) is 0 Å². The summed E-state index contributed by atoms with van der Waals surface area (Å²) in [6, 6.07) is 12.5. The highest BCUT2D eigenvalue weighted by Gasteiger charge is 2.22. The fourth-order valence-electron chi connectivity index (χ4n) is 3.39. The zero-order valence-electron chi connectivity index (χ0n) is 18.9. The zero-order chi connectivity index (χ0) is 24.3. The number of ether oxygens (including phenoxy) is 2. The molecule has 1 N–H and O–H groups in total. The van der Waals surface area contributed by atoms with Gasteiger partial charge in [0.1, 0.15) is 23.9 Å². The highest BCUT2D eigenvalue weighted by molar-refractivity contribution is 7.89. The molecule has 4 rings (SSSR count). The zero-order valence-corrected chi connectivity index (χ0v) is 19.7. The van der Waals surface area contributed by atoms with E-state index in [4.69, 9.17) is 9.47 Å². The van der Waals surface area contributed by atoms with Crippen molar-refractivity contribution in [3.8, 4) is 22.8 Å². The van der Waals surface area contributed by atoms with Gasteiger partial charge in [0.2, 0.25) is 10.0 Å². The van der Waals surface area contributed by atoms with E-state index >= 15 is 0 Å². The van der Waals surface area contributed by atoms with Gasteiger partial charge in [-0.05, 0) is 61.6 Å². The van der Waals surface area contributed by atoms with Crippen LogP contribution in [-0.4, -0.2) is 32.2 Å². The van der Waals surface area contributed by atoms with Crippen LogP contribution in [0.4, 0.5) is 4.39 Å². The molecule has 34 heavy (non-hydrogen) atoms. The highest BCUT2D eigenvalue weighted by Crippen LogP contribution is 2.33. The molecule has 0 bridgehead atoms. The molecule has 3 aromatic rings. The van der Waals surface area contributed by atoms with Gasteiger partial charge >= 0.3 is 0 Å². The maximum atomic E-state index is 14.4. The standard InChI is InChI=1S/C25H25FN2O5S/c1-16-23(33-15-17-3-4-17)9-10-27-24(16)20-11-21(26)13-22(12-20)32-14-18-5-7-19(8-6-18)25(29)28-34(2,30)31/h5-13,17H,3-4,14-15H2,1-2H3,(H,28,29). The fraction of sp³-hybridized carbons (Fsp3) is 0.280. The number of nitrogens with one attached hydrogen (secondary N) is 1. The van der Waals surface area contributed by atoms with Gasteiger partial charge in [-0.2, -0.15) is 0 Å². The highest BCUT2D eigenvalue weighted by atomic mass is 32.2. The van der Waals surface area contributed by atoms with E-state index in [1.807, 2.05) is 17.7 Å². The summed E-state index contributed by atoms with van der Waals surface area (Å²) < 4.78 is 50.4. The Kier molecular flexibility index (Phi) is 6.83. The van der Waals surface area contributed by atoms with Crippen LogP contribution < -0.4 is 14.2 Å². The van der Waals surface area contributed by atoms with Gasteiger partial charge in [0, 0.05) is 29.0 Å². The Bertz CT molecular complexity index is 1310. The van der Waals surface area contributed by atoms with Gasteiger partial charge in [0.25, 0.3) is 5.91 Å². The van der Waals surface area contributed by atoms with Crippen LogP contribution in [-0.2, 0) is 16.6 Å². The number of carbonyl (C=O) groups is 1. The topological polar surface area (TPSA) is 94.6 Å². The van der Waals surface area contributed by atoms with E-state index in [0.717, 1.165) is 23.1 Å². The van der Waals surface area contributed by atoms with E-state index in [-0.39, 0.29) is 12.2 Å². The average molecular weight is 485 g/mol. The maximum Gasteiger partial charge on any atom is 0.264 e. The van der Waals surface area contributed by atoms with Crippen molar-refractivity contribution in [1.29, 1.82) is 0 Å². The summed E-state index contributed by atoms with van der Waals surface area (Å²) in [5.41, 5.74) is 2.97. The van der Waals surface area contributed by atoms with Crippen LogP contribution in [0.3, 0.4) is 0 Å². The minimum absolute atomic E-state index is 0.133. The normalized spacial score (nSPS) is 13.4. The molecule has 1 fully saturated rings. The second-order valence-corrected chi connectivity index (χ2v) is 10.2. The molecule has 1 heterocycles. The number of amides is 1. The summed E-state index contributed by atoms with van der Waals surface area (Å²) in [7, 11) is -3.64. The third-order valence-electron chi connectivity index (χ3n) is 5.37. The van der Waals surface area contributed by atoms with Crippen LogP contribution >= 0.6 is 0 Å². The third-order valence-corrected chi connectivity index (χ3v) is 5.93. The Morgan fingerprint density at radius 3 is 2.53 bits per heavy atom. The van der Waals surface area contributed by atoms with E-state index in [0.29, 0.717) is 29.5 Å². The maximum absolute atomic E-state index is 14.4. The van der Waals surface area contributed by atoms with Gasteiger partial charge in [-0.15, -0.1) is 0 Å². The molecule has 0 saturated heterocycles. The van der Waals surface area contributed by atoms with Gasteiger partial charge in [-0.3, -0.25) is 9.78 Å². The molecule has 1 amide bonds. The molecule has 1 aliphatic carbocycles. The SMILES string of the molecule is Cc1c(OCC2CC2)ccnc1-c1cc(F)cc(OCc2ccc(C(=O)NS(C)(=O)=O)cc2)c1. The second-order valence-electron chi connectivity index (χ2n) is 8.40. The van der Waals surface area contributed by atoms with Crippen molar-refractivity contribution in [2.24, 2.45) is 5.92 Å². The van der Waals surface area contributed by atoms with E-state index in [1.54, 1.807) is 24.4 Å². The molecule has 1 aliphatic rings. The summed E-state index contributed by atoms with van der Waals surface area (Å²) in [6.45, 7) is 2.71. The van der Waals surface area contributed by atoms with E-state index in [9.17, 15) is 17.6 Å². The van der Waals surface area contributed by atoms with E-state index in [2.05, 4.69) is 4.98 Å². The lowest BCUT2D eigenvalue weighted by Crippen LogP contribution is -2.29. The number of hydrogen-bond acceptors (Lipinski definition) is 6. The Morgan fingerprint density at radius 2 is 1.85 bits per heavy atom. The van der Waals surface area contributed by atoms with E-state index in [1.165, 1.54) is 37.1 Å². The number of benzene rings is 2. The molecule has 9 heteroatoms. The number of rotatable bonds is 9. The molecule has 0 atom stereocenters. The Morgan fingerprint density at radius 1 is 1.12 bits per heavy atom. The first kappa shape index (κ1) is 23.7. The van der Waals surface area contributed by atoms with Crippen LogP contribution in [0, 0.1) is 18.7 Å². The van der Waals surface area contributed by atoms with Crippen molar-refractivity contribution in [1.82, 2.24) is 9.71 Å². The number of sulfonamides is 1. The number of pyridine rings is 1. The smallest absolute Gasteiger partial charge is 0.264 e. The first-order valence-corrected chi connectivity index (χ1v) is 12.7. The van der Waals surface area contributed by atoms with Crippen LogP contribution in [0.25, 0.3) is 11.3 Å². The minimum atomic E-state index is -3.64. The van der Waals surface area contributed by atoms with Crippen molar-refractivity contribution < 1.29 is 27.1 Å². The molecule has 0 radical (unpaired) electrons. The van der Waals surface area contributed by atoms with Crippen molar-refractivity contribution >= 4 is 15.9 Å². The Hall–Kier alpha value is -3.46. The predicted octanol–water partition coefficient (Wildman–Crippen LogP) is 4.25. The number of halogens is 1. The summed E-state index contributed by atoms with van der Waals surface area (Å²) in [5, 5.41) is 0. The quantitative estimate of drug-likeness (QED) is 0.488. The third kappa shape index (κ3) is 6.32. The summed E-state index contributed by atoms with van der Waals surface area (Å²) in [5.74, 6) is 0.526. The van der Waals surface area contributed by atoms with Gasteiger partial charge in [0.05, 0.1) is 18.6 Å². The summed E-state index contributed by atoms with van der Waals surface area (Å²) in [6.07, 6.45) is 4.95. The van der Waals surface area contributed by atoms with Crippen LogP contribution in [0.5, 0.6) is 11.5 Å². The lowest BCUT2D eigenvalue weighted by Gasteiger charge is -2.13. The van der Waals surface area contributed by atoms with Gasteiger partial charge in [-0.1, -0.05) is 12.1 Å². The monoisotopic (exact) mass is 484 g/mol. The molecule has 0 aliphatic heterocycles. The van der Waals surface area contributed by atoms with Crippen LogP contribution in [0.15, 0.2) is 54.7 Å². The first-order chi connectivity index (χ1) is 16.2. The number of hydrogen-bond donors (Lipinski definition) is 1. The molecule has 178 valence electrons. The summed E-state index contributed by atoms with van der Waals surface area (Å²) >= 11 is 0. The van der Waals surface area contributed by atoms with Crippen molar-refractivity contribution in [2.75, 3.05) is 12.9 Å². The average Bonchev–Trinajstić information content (AvgIpc) is 3.60. The molecule has 0 spiro atoms.